The highest BCUT2D eigenvalue weighted by Crippen LogP contribution is 2.22. The SMILES string of the molecule is FC(F)c1cccc(CO/N=[C]\c2ccccc2C(F)F)c1. The average molecular weight is 310 g/mol. The van der Waals surface area contributed by atoms with Crippen molar-refractivity contribution in [3.8, 4) is 0 Å². The summed E-state index contributed by atoms with van der Waals surface area (Å²) in [5.74, 6) is 0. The number of hydrogen-bond donors (Lipinski definition) is 0. The highest BCUT2D eigenvalue weighted by atomic mass is 19.3. The first-order valence-corrected chi connectivity index (χ1v) is 6.40. The number of alkyl halides is 4. The fourth-order valence-electron chi connectivity index (χ4n) is 1.80. The molecular weight excluding hydrogens is 298 g/mol. The van der Waals surface area contributed by atoms with Gasteiger partial charge in [-0.15, -0.1) is 0 Å². The molecule has 0 amide bonds. The van der Waals surface area contributed by atoms with Crippen LogP contribution in [0.25, 0.3) is 0 Å². The van der Waals surface area contributed by atoms with Crippen LogP contribution in [-0.2, 0) is 11.4 Å². The Morgan fingerprint density at radius 1 is 0.955 bits per heavy atom. The molecule has 0 N–H and O–H groups in total. The second-order valence-corrected chi connectivity index (χ2v) is 4.41. The molecule has 0 atom stereocenters. The summed E-state index contributed by atoms with van der Waals surface area (Å²) in [5, 5.41) is 3.48. The summed E-state index contributed by atoms with van der Waals surface area (Å²) in [7, 11) is 0. The zero-order valence-corrected chi connectivity index (χ0v) is 11.3. The summed E-state index contributed by atoms with van der Waals surface area (Å²) in [5.41, 5.74) is 0.316. The normalized spacial score (nSPS) is 11.5. The van der Waals surface area contributed by atoms with E-state index < -0.39 is 12.9 Å². The van der Waals surface area contributed by atoms with Gasteiger partial charge in [-0.05, 0) is 11.6 Å². The van der Waals surface area contributed by atoms with Gasteiger partial charge in [0.1, 0.15) is 12.8 Å². The number of nitrogens with zero attached hydrogens (tertiary/aromatic N) is 1. The van der Waals surface area contributed by atoms with Gasteiger partial charge in [-0.2, -0.15) is 0 Å². The van der Waals surface area contributed by atoms with E-state index in [4.69, 9.17) is 4.84 Å². The molecule has 0 saturated heterocycles. The van der Waals surface area contributed by atoms with Crippen molar-refractivity contribution in [2.45, 2.75) is 19.5 Å². The van der Waals surface area contributed by atoms with Gasteiger partial charge in [0.25, 0.3) is 12.9 Å². The zero-order valence-electron chi connectivity index (χ0n) is 11.3. The lowest BCUT2D eigenvalue weighted by Gasteiger charge is -2.04. The minimum Gasteiger partial charge on any atom is -0.390 e. The predicted octanol–water partition coefficient (Wildman–Crippen LogP) is 4.99. The second-order valence-electron chi connectivity index (χ2n) is 4.41. The van der Waals surface area contributed by atoms with Crippen molar-refractivity contribution >= 4 is 6.21 Å². The summed E-state index contributed by atoms with van der Waals surface area (Å²) in [6, 6.07) is 11.5. The third kappa shape index (κ3) is 4.31. The molecule has 2 aromatic rings. The minimum absolute atomic E-state index is 0.0512. The molecule has 2 nitrogen and oxygen atoms in total. The molecule has 0 saturated carbocycles. The molecule has 1 radical (unpaired) electrons. The van der Waals surface area contributed by atoms with E-state index in [0.29, 0.717) is 5.56 Å². The number of halogens is 4. The summed E-state index contributed by atoms with van der Waals surface area (Å²) in [6.45, 7) is -0.0512. The van der Waals surface area contributed by atoms with Gasteiger partial charge in [-0.1, -0.05) is 47.6 Å². The van der Waals surface area contributed by atoms with Crippen molar-refractivity contribution in [2.75, 3.05) is 0 Å². The second kappa shape index (κ2) is 7.59. The zero-order chi connectivity index (χ0) is 15.9. The van der Waals surface area contributed by atoms with E-state index in [1.54, 1.807) is 12.1 Å². The first-order valence-electron chi connectivity index (χ1n) is 6.40. The predicted molar refractivity (Wildman–Crippen MR) is 74.1 cm³/mol. The van der Waals surface area contributed by atoms with Crippen LogP contribution in [0.3, 0.4) is 0 Å². The van der Waals surface area contributed by atoms with Crippen molar-refractivity contribution in [1.29, 1.82) is 0 Å². The Kier molecular flexibility index (Phi) is 5.52. The number of rotatable bonds is 6. The van der Waals surface area contributed by atoms with Gasteiger partial charge in [0.15, 0.2) is 0 Å². The molecule has 115 valence electrons. The van der Waals surface area contributed by atoms with Gasteiger partial charge in [0.05, 0.1) is 0 Å². The van der Waals surface area contributed by atoms with Crippen molar-refractivity contribution in [1.82, 2.24) is 0 Å². The van der Waals surface area contributed by atoms with E-state index in [1.807, 2.05) is 0 Å². The minimum atomic E-state index is -2.64. The maximum absolute atomic E-state index is 12.7. The summed E-state index contributed by atoms with van der Waals surface area (Å²) in [6.07, 6.45) is -2.82. The molecule has 0 bridgehead atoms. The lowest BCUT2D eigenvalue weighted by Crippen LogP contribution is -1.94. The lowest BCUT2D eigenvalue weighted by atomic mass is 10.1. The molecular formula is C16H12F4NO. The van der Waals surface area contributed by atoms with E-state index in [2.05, 4.69) is 11.4 Å². The molecule has 0 fully saturated rings. The Morgan fingerprint density at radius 2 is 1.73 bits per heavy atom. The van der Waals surface area contributed by atoms with E-state index in [1.165, 1.54) is 36.4 Å². The van der Waals surface area contributed by atoms with Crippen LogP contribution in [0.15, 0.2) is 53.7 Å². The van der Waals surface area contributed by atoms with Gasteiger partial charge in [-0.3, -0.25) is 0 Å². The van der Waals surface area contributed by atoms with Gasteiger partial charge >= 0.3 is 0 Å². The smallest absolute Gasteiger partial charge is 0.264 e. The molecule has 0 spiro atoms. The van der Waals surface area contributed by atoms with Crippen LogP contribution in [0.4, 0.5) is 17.6 Å². The molecule has 22 heavy (non-hydrogen) atoms. The summed E-state index contributed by atoms with van der Waals surface area (Å²) >= 11 is 0. The van der Waals surface area contributed by atoms with Crippen LogP contribution >= 0.6 is 0 Å². The van der Waals surface area contributed by atoms with Crippen molar-refractivity contribution in [3.05, 3.63) is 70.8 Å². The van der Waals surface area contributed by atoms with Crippen LogP contribution in [-0.4, -0.2) is 6.21 Å². The third-order valence-corrected chi connectivity index (χ3v) is 2.86. The highest BCUT2D eigenvalue weighted by Gasteiger charge is 2.11. The largest absolute Gasteiger partial charge is 0.390 e. The van der Waals surface area contributed by atoms with E-state index in [9.17, 15) is 17.6 Å². The van der Waals surface area contributed by atoms with Crippen LogP contribution < -0.4 is 0 Å². The molecule has 0 aromatic heterocycles. The first kappa shape index (κ1) is 16.0. The monoisotopic (exact) mass is 310 g/mol. The van der Waals surface area contributed by atoms with Crippen LogP contribution in [0.1, 0.15) is 35.1 Å². The topological polar surface area (TPSA) is 21.6 Å². The standard InChI is InChI=1S/C16H12F4NO/c17-15(18)12-6-3-4-11(8-12)10-22-21-9-13-5-1-2-7-14(13)16(19)20/h1-8,15-16H,10H2. The van der Waals surface area contributed by atoms with Crippen molar-refractivity contribution in [3.63, 3.8) is 0 Å². The Labute approximate surface area is 125 Å². The summed E-state index contributed by atoms with van der Waals surface area (Å²) in [4.78, 5) is 4.92. The molecule has 2 aromatic carbocycles. The van der Waals surface area contributed by atoms with Crippen molar-refractivity contribution in [2.24, 2.45) is 5.16 Å². The van der Waals surface area contributed by atoms with Gasteiger partial charge < -0.3 is 4.84 Å². The third-order valence-electron chi connectivity index (χ3n) is 2.86. The Balaban J connectivity index is 1.98. The average Bonchev–Trinajstić information content (AvgIpc) is 2.52. The first-order chi connectivity index (χ1) is 10.6. The highest BCUT2D eigenvalue weighted by molar-refractivity contribution is 5.81. The van der Waals surface area contributed by atoms with E-state index in [0.717, 1.165) is 0 Å². The fraction of sp³-hybridized carbons (Fsp3) is 0.188. The van der Waals surface area contributed by atoms with E-state index in [-0.39, 0.29) is 23.3 Å². The molecule has 0 aliphatic heterocycles. The van der Waals surface area contributed by atoms with Gasteiger partial charge in [0.2, 0.25) is 0 Å². The van der Waals surface area contributed by atoms with Crippen LogP contribution in [0.2, 0.25) is 0 Å². The maximum Gasteiger partial charge on any atom is 0.264 e. The van der Waals surface area contributed by atoms with Crippen LogP contribution in [0, 0.1) is 0 Å². The van der Waals surface area contributed by atoms with Crippen molar-refractivity contribution < 1.29 is 22.4 Å². The molecule has 6 heteroatoms. The number of hydrogen-bond acceptors (Lipinski definition) is 2. The van der Waals surface area contributed by atoms with Gasteiger partial charge in [-0.25, -0.2) is 17.6 Å². The molecule has 0 unspecified atom stereocenters. The number of benzene rings is 2. The molecule has 0 aliphatic carbocycles. The Hall–Kier alpha value is -2.37. The maximum atomic E-state index is 12.7. The molecule has 0 heterocycles. The Bertz CT molecular complexity index is 644. The molecule has 0 aliphatic rings. The van der Waals surface area contributed by atoms with Gasteiger partial charge in [0, 0.05) is 16.7 Å². The summed E-state index contributed by atoms with van der Waals surface area (Å²) < 4.78 is 50.5. The lowest BCUT2D eigenvalue weighted by molar-refractivity contribution is 0.130. The fourth-order valence-corrected chi connectivity index (χ4v) is 1.80. The molecule has 2 rings (SSSR count). The van der Waals surface area contributed by atoms with E-state index >= 15 is 0 Å². The van der Waals surface area contributed by atoms with Crippen LogP contribution in [0.5, 0.6) is 0 Å². The Morgan fingerprint density at radius 3 is 2.45 bits per heavy atom. The quantitative estimate of drug-likeness (QED) is 0.418.